The van der Waals surface area contributed by atoms with Crippen LogP contribution in [0, 0.1) is 12.8 Å². The van der Waals surface area contributed by atoms with Gasteiger partial charge in [-0.15, -0.1) is 0 Å². The predicted octanol–water partition coefficient (Wildman–Crippen LogP) is 2.94. The second-order valence-electron chi connectivity index (χ2n) is 5.02. The number of ether oxygens (including phenoxy) is 2. The van der Waals surface area contributed by atoms with E-state index in [0.717, 1.165) is 12.4 Å². The Morgan fingerprint density at radius 2 is 2.25 bits per heavy atom. The summed E-state index contributed by atoms with van der Waals surface area (Å²) in [6.07, 6.45) is 4.82. The molecule has 3 atom stereocenters. The molecule has 0 N–H and O–H groups in total. The van der Waals surface area contributed by atoms with E-state index < -0.39 is 0 Å². The summed E-state index contributed by atoms with van der Waals surface area (Å²) in [6.45, 7) is 2.94. The van der Waals surface area contributed by atoms with Crippen molar-refractivity contribution in [3.63, 3.8) is 0 Å². The highest BCUT2D eigenvalue weighted by molar-refractivity contribution is 5.27. The highest BCUT2D eigenvalue weighted by Crippen LogP contribution is 2.39. The average molecular weight is 218 g/mol. The molecule has 3 unspecified atom stereocenters. The molecule has 1 saturated heterocycles. The smallest absolute Gasteiger partial charge is 0.119 e. The standard InChI is InChI=1S/C14H18O2/c1-10-3-2-4-12(7-10)15-9-11-5-6-13-14(8-11)16-13/h2-4,7,11,13-14H,5-6,8-9H2,1H3. The highest BCUT2D eigenvalue weighted by atomic mass is 16.6. The van der Waals surface area contributed by atoms with Crippen molar-refractivity contribution in [2.24, 2.45) is 5.92 Å². The summed E-state index contributed by atoms with van der Waals surface area (Å²) in [5.41, 5.74) is 1.26. The molecule has 0 aromatic heterocycles. The van der Waals surface area contributed by atoms with Gasteiger partial charge in [0.05, 0.1) is 18.8 Å². The third kappa shape index (κ3) is 2.22. The van der Waals surface area contributed by atoms with E-state index >= 15 is 0 Å². The number of fused-ring (bicyclic) bond motifs is 1. The summed E-state index contributed by atoms with van der Waals surface area (Å²) in [5.74, 6) is 1.68. The Hall–Kier alpha value is -1.02. The maximum absolute atomic E-state index is 5.84. The van der Waals surface area contributed by atoms with Crippen molar-refractivity contribution < 1.29 is 9.47 Å². The first-order valence-corrected chi connectivity index (χ1v) is 6.16. The Balaban J connectivity index is 1.52. The molecule has 1 aromatic carbocycles. The molecule has 1 aliphatic heterocycles. The molecule has 1 heterocycles. The van der Waals surface area contributed by atoms with Crippen LogP contribution in [0.4, 0.5) is 0 Å². The van der Waals surface area contributed by atoms with Crippen molar-refractivity contribution in [1.29, 1.82) is 0 Å². The predicted molar refractivity (Wildman–Crippen MR) is 62.7 cm³/mol. The fraction of sp³-hybridized carbons (Fsp3) is 0.571. The quantitative estimate of drug-likeness (QED) is 0.728. The molecule has 2 aliphatic rings. The van der Waals surface area contributed by atoms with Crippen LogP contribution in [0.25, 0.3) is 0 Å². The molecule has 0 spiro atoms. The van der Waals surface area contributed by atoms with Gasteiger partial charge >= 0.3 is 0 Å². The van der Waals surface area contributed by atoms with Gasteiger partial charge in [-0.05, 0) is 49.8 Å². The molecule has 2 heteroatoms. The first-order valence-electron chi connectivity index (χ1n) is 6.16. The van der Waals surface area contributed by atoms with Crippen molar-refractivity contribution in [2.45, 2.75) is 38.4 Å². The van der Waals surface area contributed by atoms with E-state index in [1.165, 1.54) is 24.8 Å². The molecule has 0 amide bonds. The maximum Gasteiger partial charge on any atom is 0.119 e. The largest absolute Gasteiger partial charge is 0.493 e. The van der Waals surface area contributed by atoms with Crippen LogP contribution in [0.5, 0.6) is 5.75 Å². The van der Waals surface area contributed by atoms with E-state index in [9.17, 15) is 0 Å². The van der Waals surface area contributed by atoms with Crippen molar-refractivity contribution in [1.82, 2.24) is 0 Å². The molecule has 86 valence electrons. The summed E-state index contributed by atoms with van der Waals surface area (Å²) < 4.78 is 11.4. The van der Waals surface area contributed by atoms with Crippen LogP contribution in [0.2, 0.25) is 0 Å². The topological polar surface area (TPSA) is 21.8 Å². The number of hydrogen-bond donors (Lipinski definition) is 0. The minimum atomic E-state index is 0.555. The van der Waals surface area contributed by atoms with E-state index in [4.69, 9.17) is 9.47 Å². The van der Waals surface area contributed by atoms with Gasteiger partial charge in [-0.1, -0.05) is 12.1 Å². The summed E-state index contributed by atoms with van der Waals surface area (Å²) in [5, 5.41) is 0. The lowest BCUT2D eigenvalue weighted by Crippen LogP contribution is -2.19. The van der Waals surface area contributed by atoms with Crippen molar-refractivity contribution in [2.75, 3.05) is 6.61 Å². The second kappa shape index (κ2) is 4.10. The Kier molecular flexibility index (Phi) is 2.60. The zero-order valence-corrected chi connectivity index (χ0v) is 9.69. The maximum atomic E-state index is 5.84. The lowest BCUT2D eigenvalue weighted by molar-refractivity contribution is 0.217. The van der Waals surface area contributed by atoms with Crippen molar-refractivity contribution in [3.05, 3.63) is 29.8 Å². The van der Waals surface area contributed by atoms with Crippen molar-refractivity contribution >= 4 is 0 Å². The minimum absolute atomic E-state index is 0.555. The molecule has 2 fully saturated rings. The third-order valence-electron chi connectivity index (χ3n) is 3.59. The van der Waals surface area contributed by atoms with Crippen LogP contribution >= 0.6 is 0 Å². The number of aryl methyl sites for hydroxylation is 1. The van der Waals surface area contributed by atoms with E-state index in [1.807, 2.05) is 12.1 Å². The molecule has 0 bridgehead atoms. The van der Waals surface area contributed by atoms with Crippen LogP contribution in [-0.2, 0) is 4.74 Å². The zero-order chi connectivity index (χ0) is 11.0. The van der Waals surface area contributed by atoms with Gasteiger partial charge in [0.25, 0.3) is 0 Å². The lowest BCUT2D eigenvalue weighted by Gasteiger charge is -2.19. The monoisotopic (exact) mass is 218 g/mol. The Labute approximate surface area is 96.6 Å². The molecule has 1 aliphatic carbocycles. The molecule has 2 nitrogen and oxygen atoms in total. The molecule has 1 saturated carbocycles. The summed E-state index contributed by atoms with van der Waals surface area (Å²) in [6, 6.07) is 8.27. The van der Waals surface area contributed by atoms with Gasteiger partial charge in [0.2, 0.25) is 0 Å². The van der Waals surface area contributed by atoms with Crippen LogP contribution < -0.4 is 4.74 Å². The summed E-state index contributed by atoms with van der Waals surface area (Å²) >= 11 is 0. The van der Waals surface area contributed by atoms with E-state index in [1.54, 1.807) is 0 Å². The lowest BCUT2D eigenvalue weighted by atomic mass is 9.90. The fourth-order valence-electron chi connectivity index (χ4n) is 2.56. The normalized spacial score (nSPS) is 31.9. The van der Waals surface area contributed by atoms with Gasteiger partial charge in [0.15, 0.2) is 0 Å². The van der Waals surface area contributed by atoms with Gasteiger partial charge in [0, 0.05) is 0 Å². The summed E-state index contributed by atoms with van der Waals surface area (Å²) in [4.78, 5) is 0. The van der Waals surface area contributed by atoms with E-state index in [2.05, 4.69) is 19.1 Å². The Bertz CT molecular complexity index is 375. The first kappa shape index (κ1) is 10.2. The summed E-state index contributed by atoms with van der Waals surface area (Å²) in [7, 11) is 0. The number of epoxide rings is 1. The van der Waals surface area contributed by atoms with Gasteiger partial charge in [0.1, 0.15) is 5.75 Å². The van der Waals surface area contributed by atoms with Crippen LogP contribution in [0.15, 0.2) is 24.3 Å². The molecule has 1 aromatic rings. The average Bonchev–Trinajstić information content (AvgIpc) is 3.04. The molecule has 3 rings (SSSR count). The highest BCUT2D eigenvalue weighted by Gasteiger charge is 2.43. The number of hydrogen-bond acceptors (Lipinski definition) is 2. The van der Waals surface area contributed by atoms with Crippen LogP contribution in [0.3, 0.4) is 0 Å². The second-order valence-corrected chi connectivity index (χ2v) is 5.02. The van der Waals surface area contributed by atoms with Crippen LogP contribution in [-0.4, -0.2) is 18.8 Å². The van der Waals surface area contributed by atoms with E-state index in [-0.39, 0.29) is 0 Å². The van der Waals surface area contributed by atoms with Gasteiger partial charge < -0.3 is 9.47 Å². The molecule has 0 radical (unpaired) electrons. The zero-order valence-electron chi connectivity index (χ0n) is 9.69. The van der Waals surface area contributed by atoms with Crippen molar-refractivity contribution in [3.8, 4) is 5.75 Å². The molecular formula is C14H18O2. The molecular weight excluding hydrogens is 200 g/mol. The van der Waals surface area contributed by atoms with E-state index in [0.29, 0.717) is 18.1 Å². The van der Waals surface area contributed by atoms with Gasteiger partial charge in [-0.25, -0.2) is 0 Å². The van der Waals surface area contributed by atoms with Crippen LogP contribution in [0.1, 0.15) is 24.8 Å². The van der Waals surface area contributed by atoms with Gasteiger partial charge in [-0.3, -0.25) is 0 Å². The number of rotatable bonds is 3. The third-order valence-corrected chi connectivity index (χ3v) is 3.59. The first-order chi connectivity index (χ1) is 7.81. The number of benzene rings is 1. The SMILES string of the molecule is Cc1cccc(OCC2CCC3OC3C2)c1. The molecule has 16 heavy (non-hydrogen) atoms. The fourth-order valence-corrected chi connectivity index (χ4v) is 2.56. The van der Waals surface area contributed by atoms with Gasteiger partial charge in [-0.2, -0.15) is 0 Å². The minimum Gasteiger partial charge on any atom is -0.493 e. The Morgan fingerprint density at radius 1 is 1.31 bits per heavy atom. The Morgan fingerprint density at radius 3 is 3.06 bits per heavy atom.